The first-order chi connectivity index (χ1) is 13.7. The van der Waals surface area contributed by atoms with Gasteiger partial charge in [-0.15, -0.1) is 5.10 Å². The van der Waals surface area contributed by atoms with Crippen LogP contribution in [0.1, 0.15) is 29.0 Å². The molecule has 2 aromatic carbocycles. The number of nitrogens with one attached hydrogen (secondary N) is 2. The van der Waals surface area contributed by atoms with Crippen LogP contribution in [-0.2, 0) is 0 Å². The van der Waals surface area contributed by atoms with Gasteiger partial charge >= 0.3 is 0 Å². The molecule has 1 aliphatic rings. The Hall–Kier alpha value is -2.99. The van der Waals surface area contributed by atoms with Crippen molar-refractivity contribution >= 4 is 5.91 Å². The normalized spacial score (nSPS) is 16.7. The van der Waals surface area contributed by atoms with Gasteiger partial charge < -0.3 is 10.6 Å². The molecule has 28 heavy (non-hydrogen) atoms. The lowest BCUT2D eigenvalue weighted by Gasteiger charge is -2.22. The van der Waals surface area contributed by atoms with Gasteiger partial charge in [-0.25, -0.2) is 4.68 Å². The Morgan fingerprint density at radius 1 is 1.14 bits per heavy atom. The zero-order valence-electron chi connectivity index (χ0n) is 16.1. The summed E-state index contributed by atoms with van der Waals surface area (Å²) in [7, 11) is 0. The highest BCUT2D eigenvalue weighted by atomic mass is 16.2. The standard InChI is InChI=1S/C22H25N5O/c1-16-21(22(28)24-15-17-6-5-13-23-14-17)25-26-27(16)20-11-9-19(10-12-20)18-7-3-2-4-8-18/h2-4,7-12,17,23H,5-6,13-15H2,1H3,(H,24,28). The van der Waals surface area contributed by atoms with Crippen LogP contribution in [0.25, 0.3) is 16.8 Å². The van der Waals surface area contributed by atoms with E-state index in [0.29, 0.717) is 18.2 Å². The van der Waals surface area contributed by atoms with Gasteiger partial charge in [0.2, 0.25) is 0 Å². The van der Waals surface area contributed by atoms with Crippen molar-refractivity contribution in [1.82, 2.24) is 25.6 Å². The monoisotopic (exact) mass is 375 g/mol. The molecule has 0 saturated carbocycles. The van der Waals surface area contributed by atoms with E-state index in [-0.39, 0.29) is 5.91 Å². The number of aromatic nitrogens is 3. The zero-order valence-corrected chi connectivity index (χ0v) is 16.1. The first kappa shape index (κ1) is 18.4. The first-order valence-electron chi connectivity index (χ1n) is 9.79. The maximum Gasteiger partial charge on any atom is 0.273 e. The summed E-state index contributed by atoms with van der Waals surface area (Å²) in [6.45, 7) is 4.58. The topological polar surface area (TPSA) is 71.8 Å². The first-order valence-corrected chi connectivity index (χ1v) is 9.79. The molecule has 2 heterocycles. The van der Waals surface area contributed by atoms with Gasteiger partial charge in [-0.05, 0) is 62.0 Å². The molecule has 1 saturated heterocycles. The van der Waals surface area contributed by atoms with Crippen LogP contribution in [0.15, 0.2) is 54.6 Å². The maximum atomic E-state index is 12.5. The maximum absolute atomic E-state index is 12.5. The third-order valence-corrected chi connectivity index (χ3v) is 5.28. The van der Waals surface area contributed by atoms with Gasteiger partial charge in [0.05, 0.1) is 11.4 Å². The van der Waals surface area contributed by atoms with Crippen molar-refractivity contribution in [3.05, 3.63) is 66.0 Å². The molecular formula is C22H25N5O. The second kappa shape index (κ2) is 8.35. The third kappa shape index (κ3) is 3.97. The van der Waals surface area contributed by atoms with E-state index in [2.05, 4.69) is 45.2 Å². The molecule has 0 spiro atoms. The third-order valence-electron chi connectivity index (χ3n) is 5.28. The van der Waals surface area contributed by atoms with E-state index in [9.17, 15) is 4.79 Å². The minimum Gasteiger partial charge on any atom is -0.350 e. The predicted octanol–water partition coefficient (Wildman–Crippen LogP) is 2.97. The minimum atomic E-state index is -0.157. The van der Waals surface area contributed by atoms with Crippen molar-refractivity contribution in [2.75, 3.05) is 19.6 Å². The average molecular weight is 375 g/mol. The summed E-state index contributed by atoms with van der Waals surface area (Å²) in [5.41, 5.74) is 4.32. The number of amides is 1. The van der Waals surface area contributed by atoms with Crippen molar-refractivity contribution < 1.29 is 4.79 Å². The molecule has 0 bridgehead atoms. The van der Waals surface area contributed by atoms with Crippen molar-refractivity contribution in [1.29, 1.82) is 0 Å². The number of rotatable bonds is 5. The van der Waals surface area contributed by atoms with Gasteiger partial charge in [-0.2, -0.15) is 0 Å². The molecule has 0 aliphatic carbocycles. The highest BCUT2D eigenvalue weighted by Gasteiger charge is 2.19. The predicted molar refractivity (Wildman–Crippen MR) is 109 cm³/mol. The number of hydrogen-bond acceptors (Lipinski definition) is 4. The van der Waals surface area contributed by atoms with Gasteiger partial charge in [0, 0.05) is 6.54 Å². The molecule has 1 unspecified atom stereocenters. The lowest BCUT2D eigenvalue weighted by molar-refractivity contribution is 0.0939. The van der Waals surface area contributed by atoms with E-state index in [1.807, 2.05) is 37.3 Å². The van der Waals surface area contributed by atoms with Crippen LogP contribution in [-0.4, -0.2) is 40.5 Å². The Morgan fingerprint density at radius 3 is 2.61 bits per heavy atom. The molecular weight excluding hydrogens is 350 g/mol. The Bertz CT molecular complexity index is 927. The second-order valence-electron chi connectivity index (χ2n) is 7.27. The Labute approximate surface area is 165 Å². The molecule has 144 valence electrons. The van der Waals surface area contributed by atoms with Crippen molar-refractivity contribution in [3.8, 4) is 16.8 Å². The van der Waals surface area contributed by atoms with Crippen molar-refractivity contribution in [2.24, 2.45) is 5.92 Å². The molecule has 1 fully saturated rings. The lowest BCUT2D eigenvalue weighted by Crippen LogP contribution is -2.38. The van der Waals surface area contributed by atoms with Crippen LogP contribution in [0, 0.1) is 12.8 Å². The molecule has 1 atom stereocenters. The zero-order chi connectivity index (χ0) is 19.3. The Balaban J connectivity index is 1.46. The molecule has 0 radical (unpaired) electrons. The fraction of sp³-hybridized carbons (Fsp3) is 0.318. The quantitative estimate of drug-likeness (QED) is 0.719. The van der Waals surface area contributed by atoms with Gasteiger partial charge in [0.15, 0.2) is 5.69 Å². The van der Waals surface area contributed by atoms with Crippen molar-refractivity contribution in [3.63, 3.8) is 0 Å². The summed E-state index contributed by atoms with van der Waals surface area (Å²) in [6, 6.07) is 18.3. The number of nitrogens with zero attached hydrogens (tertiary/aromatic N) is 3. The van der Waals surface area contributed by atoms with Crippen LogP contribution < -0.4 is 10.6 Å². The largest absolute Gasteiger partial charge is 0.350 e. The highest BCUT2D eigenvalue weighted by molar-refractivity contribution is 5.93. The van der Waals surface area contributed by atoms with Gasteiger partial charge in [-0.1, -0.05) is 47.7 Å². The van der Waals surface area contributed by atoms with Crippen LogP contribution in [0.2, 0.25) is 0 Å². The molecule has 4 rings (SSSR count). The molecule has 1 aromatic heterocycles. The SMILES string of the molecule is Cc1c(C(=O)NCC2CCCNC2)nnn1-c1ccc(-c2ccccc2)cc1. The highest BCUT2D eigenvalue weighted by Crippen LogP contribution is 2.21. The van der Waals surface area contributed by atoms with E-state index in [1.165, 1.54) is 5.56 Å². The van der Waals surface area contributed by atoms with Gasteiger partial charge in [0.25, 0.3) is 5.91 Å². The van der Waals surface area contributed by atoms with E-state index in [0.717, 1.165) is 42.9 Å². The average Bonchev–Trinajstić information content (AvgIpc) is 3.15. The summed E-state index contributed by atoms with van der Waals surface area (Å²) in [5, 5.41) is 14.7. The fourth-order valence-electron chi connectivity index (χ4n) is 3.63. The second-order valence-corrected chi connectivity index (χ2v) is 7.27. The summed E-state index contributed by atoms with van der Waals surface area (Å²) >= 11 is 0. The molecule has 1 aliphatic heterocycles. The van der Waals surface area contributed by atoms with E-state index in [4.69, 9.17) is 0 Å². The lowest BCUT2D eigenvalue weighted by atomic mass is 10.00. The number of carbonyl (C=O) groups is 1. The molecule has 6 nitrogen and oxygen atoms in total. The van der Waals surface area contributed by atoms with Crippen LogP contribution in [0.3, 0.4) is 0 Å². The van der Waals surface area contributed by atoms with E-state index < -0.39 is 0 Å². The van der Waals surface area contributed by atoms with E-state index in [1.54, 1.807) is 4.68 Å². The fourth-order valence-corrected chi connectivity index (χ4v) is 3.63. The number of hydrogen-bond donors (Lipinski definition) is 2. The smallest absolute Gasteiger partial charge is 0.273 e. The molecule has 6 heteroatoms. The van der Waals surface area contributed by atoms with Crippen molar-refractivity contribution in [2.45, 2.75) is 19.8 Å². The summed E-state index contributed by atoms with van der Waals surface area (Å²) in [5.74, 6) is 0.328. The number of piperidine rings is 1. The van der Waals surface area contributed by atoms with Gasteiger partial charge in [0.1, 0.15) is 0 Å². The summed E-state index contributed by atoms with van der Waals surface area (Å²) in [6.07, 6.45) is 2.31. The number of carbonyl (C=O) groups excluding carboxylic acids is 1. The Morgan fingerprint density at radius 2 is 1.89 bits per heavy atom. The van der Waals surface area contributed by atoms with Crippen LogP contribution in [0.4, 0.5) is 0 Å². The van der Waals surface area contributed by atoms with Crippen LogP contribution >= 0.6 is 0 Å². The van der Waals surface area contributed by atoms with E-state index >= 15 is 0 Å². The van der Waals surface area contributed by atoms with Crippen LogP contribution in [0.5, 0.6) is 0 Å². The summed E-state index contributed by atoms with van der Waals surface area (Å²) < 4.78 is 1.71. The minimum absolute atomic E-state index is 0.157. The molecule has 3 aromatic rings. The molecule has 1 amide bonds. The molecule has 2 N–H and O–H groups in total. The summed E-state index contributed by atoms with van der Waals surface area (Å²) in [4.78, 5) is 12.5. The Kier molecular flexibility index (Phi) is 5.48. The van der Waals surface area contributed by atoms with Gasteiger partial charge in [-0.3, -0.25) is 4.79 Å². The number of benzene rings is 2.